The quantitative estimate of drug-likeness (QED) is 0.667. The molecule has 1 saturated carbocycles. The van der Waals surface area contributed by atoms with Gasteiger partial charge < -0.3 is 0 Å². The molecular weight excluding hydrogens is 182 g/mol. The zero-order chi connectivity index (χ0) is 11.5. The molecule has 1 aliphatic rings. The molecule has 0 N–H and O–H groups in total. The summed E-state index contributed by atoms with van der Waals surface area (Å²) in [5, 5.41) is 9.38. The van der Waals surface area contributed by atoms with Crippen LogP contribution in [0.5, 0.6) is 0 Å². The standard InChI is InChI=1S/C14H25N/c1-5-12-6-7-14(10-12,11-15)9-8-13(2,3)4/h12H,5-10H2,1-4H3. The zero-order valence-electron chi connectivity index (χ0n) is 10.8. The van der Waals surface area contributed by atoms with Crippen LogP contribution in [0, 0.1) is 28.1 Å². The highest BCUT2D eigenvalue weighted by Gasteiger charge is 2.38. The third kappa shape index (κ3) is 3.52. The third-order valence-corrected chi connectivity index (χ3v) is 3.88. The van der Waals surface area contributed by atoms with Crippen molar-refractivity contribution in [1.82, 2.24) is 0 Å². The van der Waals surface area contributed by atoms with Crippen molar-refractivity contribution in [3.05, 3.63) is 0 Å². The number of hydrogen-bond donors (Lipinski definition) is 0. The molecule has 1 rings (SSSR count). The smallest absolute Gasteiger partial charge is 0.0689 e. The number of nitrogens with zero attached hydrogens (tertiary/aromatic N) is 1. The van der Waals surface area contributed by atoms with Crippen molar-refractivity contribution in [2.75, 3.05) is 0 Å². The lowest BCUT2D eigenvalue weighted by Gasteiger charge is -2.26. The number of nitriles is 1. The van der Waals surface area contributed by atoms with Gasteiger partial charge in [0.1, 0.15) is 0 Å². The summed E-state index contributed by atoms with van der Waals surface area (Å²) in [5.74, 6) is 0.810. The maximum atomic E-state index is 9.38. The van der Waals surface area contributed by atoms with Gasteiger partial charge in [0.25, 0.3) is 0 Å². The van der Waals surface area contributed by atoms with E-state index in [1.807, 2.05) is 0 Å². The molecule has 15 heavy (non-hydrogen) atoms. The number of hydrogen-bond acceptors (Lipinski definition) is 1. The fourth-order valence-electron chi connectivity index (χ4n) is 2.58. The van der Waals surface area contributed by atoms with Crippen LogP contribution in [0.3, 0.4) is 0 Å². The lowest BCUT2D eigenvalue weighted by atomic mass is 9.77. The number of rotatable bonds is 3. The van der Waals surface area contributed by atoms with Crippen molar-refractivity contribution >= 4 is 0 Å². The average molecular weight is 207 g/mol. The maximum absolute atomic E-state index is 9.38. The van der Waals surface area contributed by atoms with E-state index >= 15 is 0 Å². The molecule has 0 spiro atoms. The Morgan fingerprint density at radius 3 is 2.47 bits per heavy atom. The lowest BCUT2D eigenvalue weighted by Crippen LogP contribution is -2.18. The Labute approximate surface area is 94.9 Å². The van der Waals surface area contributed by atoms with E-state index in [1.54, 1.807) is 0 Å². The fraction of sp³-hybridized carbons (Fsp3) is 0.929. The molecule has 0 amide bonds. The van der Waals surface area contributed by atoms with Crippen molar-refractivity contribution < 1.29 is 0 Å². The second kappa shape index (κ2) is 4.56. The van der Waals surface area contributed by atoms with Crippen LogP contribution < -0.4 is 0 Å². The monoisotopic (exact) mass is 207 g/mol. The minimum absolute atomic E-state index is 0.0218. The van der Waals surface area contributed by atoms with E-state index in [1.165, 1.54) is 19.3 Å². The van der Waals surface area contributed by atoms with Crippen molar-refractivity contribution in [3.8, 4) is 6.07 Å². The minimum Gasteiger partial charge on any atom is -0.198 e. The normalized spacial score (nSPS) is 31.5. The maximum Gasteiger partial charge on any atom is 0.0689 e. The van der Waals surface area contributed by atoms with Gasteiger partial charge in [0.15, 0.2) is 0 Å². The summed E-state index contributed by atoms with van der Waals surface area (Å²) in [4.78, 5) is 0. The molecule has 0 aliphatic heterocycles. The average Bonchev–Trinajstić information content (AvgIpc) is 2.58. The molecule has 1 heteroatoms. The van der Waals surface area contributed by atoms with Crippen molar-refractivity contribution in [3.63, 3.8) is 0 Å². The predicted octanol–water partition coefficient (Wildman–Crippen LogP) is 4.53. The van der Waals surface area contributed by atoms with E-state index in [0.29, 0.717) is 5.41 Å². The lowest BCUT2D eigenvalue weighted by molar-refractivity contribution is 0.269. The summed E-state index contributed by atoms with van der Waals surface area (Å²) < 4.78 is 0. The third-order valence-electron chi connectivity index (χ3n) is 3.88. The molecule has 0 radical (unpaired) electrons. The van der Waals surface area contributed by atoms with Crippen LogP contribution in [0.2, 0.25) is 0 Å². The first-order chi connectivity index (χ1) is 6.91. The van der Waals surface area contributed by atoms with E-state index in [2.05, 4.69) is 33.8 Å². The van der Waals surface area contributed by atoms with Gasteiger partial charge in [0, 0.05) is 0 Å². The molecule has 1 fully saturated rings. The highest BCUT2D eigenvalue weighted by molar-refractivity contribution is 5.04. The molecular formula is C14H25N. The van der Waals surface area contributed by atoms with Gasteiger partial charge in [-0.1, -0.05) is 34.1 Å². The van der Waals surface area contributed by atoms with Gasteiger partial charge in [0.05, 0.1) is 11.5 Å². The van der Waals surface area contributed by atoms with Crippen LogP contribution in [-0.2, 0) is 0 Å². The molecule has 86 valence electrons. The van der Waals surface area contributed by atoms with Crippen LogP contribution in [0.15, 0.2) is 0 Å². The minimum atomic E-state index is 0.0218. The van der Waals surface area contributed by atoms with Crippen LogP contribution >= 0.6 is 0 Å². The Morgan fingerprint density at radius 2 is 2.07 bits per heavy atom. The first kappa shape index (κ1) is 12.6. The molecule has 1 nitrogen and oxygen atoms in total. The first-order valence-corrected chi connectivity index (χ1v) is 6.32. The second-order valence-electron chi connectivity index (χ2n) is 6.47. The molecule has 1 aliphatic carbocycles. The first-order valence-electron chi connectivity index (χ1n) is 6.32. The predicted molar refractivity (Wildman–Crippen MR) is 64.4 cm³/mol. The van der Waals surface area contributed by atoms with Crippen molar-refractivity contribution in [2.24, 2.45) is 16.7 Å². The van der Waals surface area contributed by atoms with E-state index in [-0.39, 0.29) is 5.41 Å². The topological polar surface area (TPSA) is 23.8 Å². The summed E-state index contributed by atoms with van der Waals surface area (Å²) >= 11 is 0. The molecule has 0 heterocycles. The summed E-state index contributed by atoms with van der Waals surface area (Å²) in [5.41, 5.74) is 0.391. The van der Waals surface area contributed by atoms with Crippen LogP contribution in [0.1, 0.15) is 66.2 Å². The van der Waals surface area contributed by atoms with Gasteiger partial charge in [-0.15, -0.1) is 0 Å². The Hall–Kier alpha value is -0.510. The Kier molecular flexibility index (Phi) is 3.82. The van der Waals surface area contributed by atoms with Gasteiger partial charge in [-0.05, 0) is 43.4 Å². The Balaban J connectivity index is 2.53. The van der Waals surface area contributed by atoms with Gasteiger partial charge >= 0.3 is 0 Å². The molecule has 0 aromatic rings. The fourth-order valence-corrected chi connectivity index (χ4v) is 2.58. The molecule has 0 aromatic carbocycles. The summed E-state index contributed by atoms with van der Waals surface area (Å²) in [6, 6.07) is 2.61. The van der Waals surface area contributed by atoms with Crippen LogP contribution in [0.25, 0.3) is 0 Å². The largest absolute Gasteiger partial charge is 0.198 e. The Morgan fingerprint density at radius 1 is 1.40 bits per heavy atom. The van der Waals surface area contributed by atoms with Crippen molar-refractivity contribution in [2.45, 2.75) is 66.2 Å². The van der Waals surface area contributed by atoms with Gasteiger partial charge in [-0.3, -0.25) is 0 Å². The molecule has 2 unspecified atom stereocenters. The molecule has 2 atom stereocenters. The highest BCUT2D eigenvalue weighted by Crippen LogP contribution is 2.47. The summed E-state index contributed by atoms with van der Waals surface area (Å²) in [6.07, 6.45) is 7.09. The van der Waals surface area contributed by atoms with Gasteiger partial charge in [0.2, 0.25) is 0 Å². The Bertz CT molecular complexity index is 243. The van der Waals surface area contributed by atoms with E-state index in [0.717, 1.165) is 25.2 Å². The molecule has 0 bridgehead atoms. The van der Waals surface area contributed by atoms with E-state index < -0.39 is 0 Å². The molecule has 0 saturated heterocycles. The summed E-state index contributed by atoms with van der Waals surface area (Å²) in [6.45, 7) is 9.06. The zero-order valence-corrected chi connectivity index (χ0v) is 10.8. The summed E-state index contributed by atoms with van der Waals surface area (Å²) in [7, 11) is 0. The molecule has 0 aromatic heterocycles. The van der Waals surface area contributed by atoms with Crippen molar-refractivity contribution in [1.29, 1.82) is 5.26 Å². The second-order valence-corrected chi connectivity index (χ2v) is 6.47. The van der Waals surface area contributed by atoms with Crippen LogP contribution in [0.4, 0.5) is 0 Å². The van der Waals surface area contributed by atoms with Crippen LogP contribution in [-0.4, -0.2) is 0 Å². The van der Waals surface area contributed by atoms with Gasteiger partial charge in [-0.25, -0.2) is 0 Å². The van der Waals surface area contributed by atoms with Gasteiger partial charge in [-0.2, -0.15) is 5.26 Å². The highest BCUT2D eigenvalue weighted by atomic mass is 14.4. The SMILES string of the molecule is CCC1CCC(C#N)(CCC(C)(C)C)C1. The van der Waals surface area contributed by atoms with E-state index in [4.69, 9.17) is 0 Å². The van der Waals surface area contributed by atoms with E-state index in [9.17, 15) is 5.26 Å².